The van der Waals surface area contributed by atoms with Crippen LogP contribution in [0.1, 0.15) is 28.7 Å². The number of para-hydroxylation sites is 2. The van der Waals surface area contributed by atoms with Crippen molar-refractivity contribution in [3.8, 4) is 0 Å². The number of aromatic amines is 1. The molecule has 2 heterocycles. The van der Waals surface area contributed by atoms with E-state index in [4.69, 9.17) is 0 Å². The summed E-state index contributed by atoms with van der Waals surface area (Å²) in [5.74, 6) is 0.847. The van der Waals surface area contributed by atoms with Crippen LogP contribution in [-0.2, 0) is 6.42 Å². The molecule has 2 aromatic carbocycles. The number of benzene rings is 2. The third-order valence-electron chi connectivity index (χ3n) is 4.29. The summed E-state index contributed by atoms with van der Waals surface area (Å²) in [5, 5.41) is 0. The molecule has 4 nitrogen and oxygen atoms in total. The van der Waals surface area contributed by atoms with Crippen molar-refractivity contribution in [2.75, 3.05) is 4.90 Å². The summed E-state index contributed by atoms with van der Waals surface area (Å²) in [6.07, 6.45) is 0.900. The van der Waals surface area contributed by atoms with E-state index in [2.05, 4.69) is 23.0 Å². The maximum Gasteiger partial charge on any atom is 0.260 e. The number of nitrogens with one attached hydrogen (secondary N) is 1. The molecule has 1 atom stereocenters. The molecule has 3 aromatic rings. The maximum atomic E-state index is 13.1. The first-order valence-corrected chi connectivity index (χ1v) is 7.52. The highest BCUT2D eigenvalue weighted by Crippen LogP contribution is 2.33. The predicted octanol–water partition coefficient (Wildman–Crippen LogP) is 3.46. The molecular weight excluding hydrogens is 274 g/mol. The normalized spacial score (nSPS) is 17.0. The van der Waals surface area contributed by atoms with Crippen molar-refractivity contribution >= 4 is 22.6 Å². The smallest absolute Gasteiger partial charge is 0.260 e. The van der Waals surface area contributed by atoms with E-state index in [1.54, 1.807) is 0 Å². The van der Waals surface area contributed by atoms with E-state index in [0.29, 0.717) is 5.56 Å². The van der Waals surface area contributed by atoms with Crippen LogP contribution >= 0.6 is 0 Å². The first-order valence-electron chi connectivity index (χ1n) is 7.52. The topological polar surface area (TPSA) is 49.0 Å². The highest BCUT2D eigenvalue weighted by molar-refractivity contribution is 6.13. The largest absolute Gasteiger partial charge is 0.342 e. The highest BCUT2D eigenvalue weighted by atomic mass is 16.2. The Labute approximate surface area is 128 Å². The van der Waals surface area contributed by atoms with E-state index in [9.17, 15) is 4.79 Å². The number of H-pyrrole nitrogens is 1. The van der Waals surface area contributed by atoms with Gasteiger partial charge in [-0.05, 0) is 44.0 Å². The molecule has 110 valence electrons. The predicted molar refractivity (Wildman–Crippen MR) is 87.2 cm³/mol. The van der Waals surface area contributed by atoms with Gasteiger partial charge in [0.25, 0.3) is 5.91 Å². The van der Waals surface area contributed by atoms with Crippen LogP contribution in [0.4, 0.5) is 5.69 Å². The Morgan fingerprint density at radius 3 is 2.91 bits per heavy atom. The summed E-state index contributed by atoms with van der Waals surface area (Å²) in [6.45, 7) is 4.00. The van der Waals surface area contributed by atoms with Gasteiger partial charge < -0.3 is 9.88 Å². The lowest BCUT2D eigenvalue weighted by Gasteiger charge is -2.23. The molecule has 4 rings (SSSR count). The number of fused-ring (bicyclic) bond motifs is 2. The average Bonchev–Trinajstić information content (AvgIpc) is 3.04. The van der Waals surface area contributed by atoms with Gasteiger partial charge in [-0.3, -0.25) is 4.79 Å². The van der Waals surface area contributed by atoms with Gasteiger partial charge in [-0.2, -0.15) is 0 Å². The zero-order valence-electron chi connectivity index (χ0n) is 12.6. The molecule has 0 saturated carbocycles. The molecule has 0 spiro atoms. The molecule has 0 saturated heterocycles. The van der Waals surface area contributed by atoms with Crippen molar-refractivity contribution in [1.82, 2.24) is 9.97 Å². The standard InChI is InChI=1S/C18H17N3O/c1-11-10-13-6-3-4-9-16(13)21(11)18(22)14-7-5-8-15-17(14)20-12(2)19-15/h3-9,11H,10H2,1-2H3,(H,19,20). The minimum Gasteiger partial charge on any atom is -0.342 e. The minimum absolute atomic E-state index is 0.0227. The lowest BCUT2D eigenvalue weighted by Crippen LogP contribution is -2.35. The molecule has 1 aliphatic heterocycles. The number of nitrogens with zero attached hydrogens (tertiary/aromatic N) is 2. The summed E-state index contributed by atoms with van der Waals surface area (Å²) in [4.78, 5) is 22.7. The number of carbonyl (C=O) groups excluding carboxylic acids is 1. The van der Waals surface area contributed by atoms with Gasteiger partial charge in [-0.1, -0.05) is 24.3 Å². The molecule has 0 bridgehead atoms. The van der Waals surface area contributed by atoms with Crippen LogP contribution in [0.5, 0.6) is 0 Å². The maximum absolute atomic E-state index is 13.1. The zero-order chi connectivity index (χ0) is 15.3. The first-order chi connectivity index (χ1) is 10.6. The van der Waals surface area contributed by atoms with Crippen molar-refractivity contribution in [3.63, 3.8) is 0 Å². The monoisotopic (exact) mass is 291 g/mol. The fourth-order valence-corrected chi connectivity index (χ4v) is 3.33. The Morgan fingerprint density at radius 1 is 1.23 bits per heavy atom. The molecule has 1 aromatic heterocycles. The number of aryl methyl sites for hydroxylation is 1. The molecule has 0 radical (unpaired) electrons. The van der Waals surface area contributed by atoms with Crippen LogP contribution in [0.2, 0.25) is 0 Å². The second kappa shape index (κ2) is 4.70. The Bertz CT molecular complexity index is 881. The average molecular weight is 291 g/mol. The zero-order valence-corrected chi connectivity index (χ0v) is 12.6. The van der Waals surface area contributed by atoms with Crippen molar-refractivity contribution in [1.29, 1.82) is 0 Å². The van der Waals surface area contributed by atoms with E-state index in [0.717, 1.165) is 29.0 Å². The quantitative estimate of drug-likeness (QED) is 0.746. The van der Waals surface area contributed by atoms with Crippen LogP contribution < -0.4 is 4.90 Å². The van der Waals surface area contributed by atoms with Crippen LogP contribution in [0.3, 0.4) is 0 Å². The molecule has 1 aliphatic rings. The number of anilines is 1. The minimum atomic E-state index is 0.0227. The summed E-state index contributed by atoms with van der Waals surface area (Å²) >= 11 is 0. The molecule has 0 fully saturated rings. The van der Waals surface area contributed by atoms with Gasteiger partial charge >= 0.3 is 0 Å². The van der Waals surface area contributed by atoms with Crippen molar-refractivity contribution in [3.05, 3.63) is 59.4 Å². The fraction of sp³-hybridized carbons (Fsp3) is 0.222. The number of amides is 1. The third-order valence-corrected chi connectivity index (χ3v) is 4.29. The number of rotatable bonds is 1. The van der Waals surface area contributed by atoms with E-state index in [-0.39, 0.29) is 11.9 Å². The summed E-state index contributed by atoms with van der Waals surface area (Å²) in [5.41, 5.74) is 4.56. The van der Waals surface area contributed by atoms with E-state index >= 15 is 0 Å². The molecule has 4 heteroatoms. The second-order valence-electron chi connectivity index (χ2n) is 5.88. The van der Waals surface area contributed by atoms with Gasteiger partial charge in [0.2, 0.25) is 0 Å². The van der Waals surface area contributed by atoms with E-state index in [1.165, 1.54) is 5.56 Å². The van der Waals surface area contributed by atoms with Gasteiger partial charge in [0.15, 0.2) is 0 Å². The van der Waals surface area contributed by atoms with Gasteiger partial charge in [-0.15, -0.1) is 0 Å². The number of aromatic nitrogens is 2. The third kappa shape index (κ3) is 1.84. The van der Waals surface area contributed by atoms with Crippen LogP contribution in [0.15, 0.2) is 42.5 Å². The molecule has 1 N–H and O–H groups in total. The summed E-state index contributed by atoms with van der Waals surface area (Å²) in [7, 11) is 0. The lowest BCUT2D eigenvalue weighted by molar-refractivity contribution is 0.0983. The first kappa shape index (κ1) is 13.1. The van der Waals surface area contributed by atoms with Gasteiger partial charge in [0.1, 0.15) is 11.3 Å². The molecule has 1 amide bonds. The van der Waals surface area contributed by atoms with Crippen LogP contribution in [-0.4, -0.2) is 21.9 Å². The number of imidazole rings is 1. The van der Waals surface area contributed by atoms with Gasteiger partial charge in [0, 0.05) is 11.7 Å². The molecule has 0 aliphatic carbocycles. The Kier molecular flexibility index (Phi) is 2.79. The number of hydrogen-bond acceptors (Lipinski definition) is 2. The van der Waals surface area contributed by atoms with Crippen LogP contribution in [0.25, 0.3) is 11.0 Å². The highest BCUT2D eigenvalue weighted by Gasteiger charge is 2.32. The number of carbonyl (C=O) groups is 1. The van der Waals surface area contributed by atoms with Gasteiger partial charge in [-0.25, -0.2) is 4.98 Å². The van der Waals surface area contributed by atoms with E-state index < -0.39 is 0 Å². The summed E-state index contributed by atoms with van der Waals surface area (Å²) < 4.78 is 0. The Hall–Kier alpha value is -2.62. The van der Waals surface area contributed by atoms with Crippen LogP contribution in [0, 0.1) is 6.92 Å². The lowest BCUT2D eigenvalue weighted by atomic mass is 10.1. The second-order valence-corrected chi connectivity index (χ2v) is 5.88. The molecular formula is C18H17N3O. The van der Waals surface area contributed by atoms with Crippen molar-refractivity contribution < 1.29 is 4.79 Å². The molecule has 22 heavy (non-hydrogen) atoms. The fourth-order valence-electron chi connectivity index (χ4n) is 3.33. The SMILES string of the molecule is Cc1nc2c(C(=O)N3c4ccccc4CC3C)cccc2[nH]1. The number of hydrogen-bond donors (Lipinski definition) is 1. The Morgan fingerprint density at radius 2 is 2.05 bits per heavy atom. The summed E-state index contributed by atoms with van der Waals surface area (Å²) in [6, 6.07) is 14.0. The Balaban J connectivity index is 1.84. The molecule has 1 unspecified atom stereocenters. The van der Waals surface area contributed by atoms with Crippen molar-refractivity contribution in [2.24, 2.45) is 0 Å². The van der Waals surface area contributed by atoms with Gasteiger partial charge in [0.05, 0.1) is 11.1 Å². The van der Waals surface area contributed by atoms with Crippen molar-refractivity contribution in [2.45, 2.75) is 26.3 Å². The van der Waals surface area contributed by atoms with E-state index in [1.807, 2.05) is 48.2 Å².